The quantitative estimate of drug-likeness (QED) is 0.634. The lowest BCUT2D eigenvalue weighted by Crippen LogP contribution is -2.11. The summed E-state index contributed by atoms with van der Waals surface area (Å²) < 4.78 is 2.12. The second-order valence-corrected chi connectivity index (χ2v) is 3.67. The minimum atomic E-state index is 0.301. The van der Waals surface area contributed by atoms with Gasteiger partial charge in [-0.2, -0.15) is 0 Å². The van der Waals surface area contributed by atoms with E-state index in [1.807, 2.05) is 6.33 Å². The highest BCUT2D eigenvalue weighted by atomic mass is 16.2. The minimum absolute atomic E-state index is 0.301. The van der Waals surface area contributed by atoms with Gasteiger partial charge in [-0.3, -0.25) is 0 Å². The standard InChI is InChI=1S/C11H21N3O/c1-2-12-8-11-9-14(10-13-11)6-4-3-5-7-15/h9-10,12,15H,2-8H2,1H3. The molecule has 4 nitrogen and oxygen atoms in total. The van der Waals surface area contributed by atoms with E-state index in [9.17, 15) is 0 Å². The first-order chi connectivity index (χ1) is 7.36. The summed E-state index contributed by atoms with van der Waals surface area (Å²) in [6.45, 7) is 5.21. The average molecular weight is 211 g/mol. The van der Waals surface area contributed by atoms with Gasteiger partial charge in [-0.15, -0.1) is 0 Å². The number of aromatic nitrogens is 2. The van der Waals surface area contributed by atoms with Gasteiger partial charge in [0.15, 0.2) is 0 Å². The minimum Gasteiger partial charge on any atom is -0.396 e. The number of imidazole rings is 1. The zero-order chi connectivity index (χ0) is 10.9. The van der Waals surface area contributed by atoms with Crippen molar-refractivity contribution in [3.8, 4) is 0 Å². The summed E-state index contributed by atoms with van der Waals surface area (Å²) in [7, 11) is 0. The molecule has 0 aliphatic heterocycles. The topological polar surface area (TPSA) is 50.1 Å². The Kier molecular flexibility index (Phi) is 6.04. The van der Waals surface area contributed by atoms with Crippen LogP contribution in [-0.4, -0.2) is 27.8 Å². The summed E-state index contributed by atoms with van der Waals surface area (Å²) in [4.78, 5) is 4.30. The molecular formula is C11H21N3O. The number of hydrogen-bond acceptors (Lipinski definition) is 3. The Hall–Kier alpha value is -0.870. The first-order valence-corrected chi connectivity index (χ1v) is 5.69. The van der Waals surface area contributed by atoms with Crippen LogP contribution in [0.2, 0.25) is 0 Å². The van der Waals surface area contributed by atoms with Crippen molar-refractivity contribution in [2.45, 2.75) is 39.3 Å². The normalized spacial score (nSPS) is 10.8. The van der Waals surface area contributed by atoms with Crippen LogP contribution in [0.4, 0.5) is 0 Å². The molecule has 0 radical (unpaired) electrons. The maximum absolute atomic E-state index is 8.64. The van der Waals surface area contributed by atoms with Crippen LogP contribution < -0.4 is 5.32 Å². The Balaban J connectivity index is 2.20. The molecule has 0 unspecified atom stereocenters. The van der Waals surface area contributed by atoms with E-state index >= 15 is 0 Å². The predicted molar refractivity (Wildman–Crippen MR) is 60.5 cm³/mol. The van der Waals surface area contributed by atoms with Crippen molar-refractivity contribution in [1.82, 2.24) is 14.9 Å². The fraction of sp³-hybridized carbons (Fsp3) is 0.727. The number of aliphatic hydroxyl groups is 1. The van der Waals surface area contributed by atoms with Crippen LogP contribution >= 0.6 is 0 Å². The summed E-state index contributed by atoms with van der Waals surface area (Å²) in [5.41, 5.74) is 1.10. The Morgan fingerprint density at radius 1 is 1.40 bits per heavy atom. The van der Waals surface area contributed by atoms with Gasteiger partial charge in [0.25, 0.3) is 0 Å². The molecule has 0 atom stereocenters. The molecule has 0 saturated heterocycles. The van der Waals surface area contributed by atoms with Gasteiger partial charge in [0.05, 0.1) is 12.0 Å². The molecule has 0 spiro atoms. The van der Waals surface area contributed by atoms with Gasteiger partial charge in [-0.25, -0.2) is 4.98 Å². The highest BCUT2D eigenvalue weighted by Crippen LogP contribution is 2.01. The molecule has 1 rings (SSSR count). The van der Waals surface area contributed by atoms with E-state index < -0.39 is 0 Å². The van der Waals surface area contributed by atoms with Crippen LogP contribution in [0.15, 0.2) is 12.5 Å². The summed E-state index contributed by atoms with van der Waals surface area (Å²) in [6, 6.07) is 0. The van der Waals surface area contributed by atoms with E-state index in [0.29, 0.717) is 6.61 Å². The van der Waals surface area contributed by atoms with Gasteiger partial charge in [0, 0.05) is 25.9 Å². The molecule has 0 aromatic carbocycles. The number of unbranched alkanes of at least 4 members (excludes halogenated alkanes) is 2. The molecule has 1 aromatic heterocycles. The Labute approximate surface area is 91.3 Å². The number of nitrogens with zero attached hydrogens (tertiary/aromatic N) is 2. The molecule has 15 heavy (non-hydrogen) atoms. The summed E-state index contributed by atoms with van der Waals surface area (Å²) in [6.07, 6.45) is 7.06. The highest BCUT2D eigenvalue weighted by Gasteiger charge is 1.97. The first kappa shape index (κ1) is 12.2. The molecule has 86 valence electrons. The third-order valence-corrected chi connectivity index (χ3v) is 2.32. The SMILES string of the molecule is CCNCc1cn(CCCCCO)cn1. The van der Waals surface area contributed by atoms with Gasteiger partial charge in [-0.05, 0) is 25.8 Å². The number of nitrogens with one attached hydrogen (secondary N) is 1. The van der Waals surface area contributed by atoms with Crippen molar-refractivity contribution in [3.05, 3.63) is 18.2 Å². The van der Waals surface area contributed by atoms with Gasteiger partial charge < -0.3 is 15.0 Å². The predicted octanol–water partition coefficient (Wildman–Crippen LogP) is 1.16. The van der Waals surface area contributed by atoms with Gasteiger partial charge in [0.1, 0.15) is 0 Å². The van der Waals surface area contributed by atoms with Crippen molar-refractivity contribution in [3.63, 3.8) is 0 Å². The third-order valence-electron chi connectivity index (χ3n) is 2.32. The molecule has 0 saturated carbocycles. The number of aliphatic hydroxyl groups excluding tert-OH is 1. The molecule has 2 N–H and O–H groups in total. The van der Waals surface area contributed by atoms with Crippen molar-refractivity contribution in [2.24, 2.45) is 0 Å². The van der Waals surface area contributed by atoms with Crippen molar-refractivity contribution < 1.29 is 5.11 Å². The van der Waals surface area contributed by atoms with E-state index in [0.717, 1.165) is 44.6 Å². The van der Waals surface area contributed by atoms with Crippen LogP contribution in [0.3, 0.4) is 0 Å². The number of rotatable bonds is 8. The van der Waals surface area contributed by atoms with Gasteiger partial charge in [-0.1, -0.05) is 6.92 Å². The van der Waals surface area contributed by atoms with Crippen molar-refractivity contribution in [2.75, 3.05) is 13.2 Å². The molecule has 0 fully saturated rings. The largest absolute Gasteiger partial charge is 0.396 e. The lowest BCUT2D eigenvalue weighted by molar-refractivity contribution is 0.282. The molecule has 0 aliphatic carbocycles. The van der Waals surface area contributed by atoms with E-state index in [4.69, 9.17) is 5.11 Å². The van der Waals surface area contributed by atoms with Gasteiger partial charge >= 0.3 is 0 Å². The summed E-state index contributed by atoms with van der Waals surface area (Å²) in [5.74, 6) is 0. The van der Waals surface area contributed by atoms with Crippen molar-refractivity contribution in [1.29, 1.82) is 0 Å². The highest BCUT2D eigenvalue weighted by molar-refractivity contribution is 4.95. The first-order valence-electron chi connectivity index (χ1n) is 5.69. The molecule has 4 heteroatoms. The summed E-state index contributed by atoms with van der Waals surface area (Å²) >= 11 is 0. The Morgan fingerprint density at radius 3 is 3.00 bits per heavy atom. The van der Waals surface area contributed by atoms with Crippen LogP contribution in [0, 0.1) is 0 Å². The van der Waals surface area contributed by atoms with E-state index in [1.165, 1.54) is 0 Å². The van der Waals surface area contributed by atoms with Crippen LogP contribution in [0.5, 0.6) is 0 Å². The average Bonchev–Trinajstić information content (AvgIpc) is 2.69. The maximum atomic E-state index is 8.64. The molecule has 0 amide bonds. The van der Waals surface area contributed by atoms with Crippen LogP contribution in [0.25, 0.3) is 0 Å². The molecular weight excluding hydrogens is 190 g/mol. The molecule has 0 bridgehead atoms. The fourth-order valence-electron chi connectivity index (χ4n) is 1.46. The lowest BCUT2D eigenvalue weighted by atomic mass is 10.2. The smallest absolute Gasteiger partial charge is 0.0949 e. The third kappa shape index (κ3) is 4.95. The van der Waals surface area contributed by atoms with Crippen LogP contribution in [-0.2, 0) is 13.1 Å². The molecule has 0 aliphatic rings. The van der Waals surface area contributed by atoms with Crippen molar-refractivity contribution >= 4 is 0 Å². The fourth-order valence-corrected chi connectivity index (χ4v) is 1.46. The van der Waals surface area contributed by atoms with Crippen LogP contribution in [0.1, 0.15) is 31.9 Å². The molecule has 1 aromatic rings. The Bertz CT molecular complexity index is 260. The second kappa shape index (κ2) is 7.43. The van der Waals surface area contributed by atoms with E-state index in [-0.39, 0.29) is 0 Å². The lowest BCUT2D eigenvalue weighted by Gasteiger charge is -2.00. The Morgan fingerprint density at radius 2 is 2.27 bits per heavy atom. The maximum Gasteiger partial charge on any atom is 0.0949 e. The second-order valence-electron chi connectivity index (χ2n) is 3.67. The zero-order valence-corrected chi connectivity index (χ0v) is 9.45. The van der Waals surface area contributed by atoms with Gasteiger partial charge in [0.2, 0.25) is 0 Å². The van der Waals surface area contributed by atoms with E-state index in [1.54, 1.807) is 0 Å². The summed E-state index contributed by atoms with van der Waals surface area (Å²) in [5, 5.41) is 11.9. The zero-order valence-electron chi connectivity index (χ0n) is 9.45. The molecule has 1 heterocycles. The number of hydrogen-bond donors (Lipinski definition) is 2. The van der Waals surface area contributed by atoms with E-state index in [2.05, 4.69) is 28.0 Å². The number of aryl methyl sites for hydroxylation is 1. The monoisotopic (exact) mass is 211 g/mol.